The van der Waals surface area contributed by atoms with E-state index >= 15 is 0 Å². The van der Waals surface area contributed by atoms with Crippen LogP contribution in [0.5, 0.6) is 0 Å². The van der Waals surface area contributed by atoms with Crippen molar-refractivity contribution in [2.75, 3.05) is 32.1 Å². The van der Waals surface area contributed by atoms with E-state index in [1.165, 1.54) is 11.9 Å². The number of halogens is 8. The van der Waals surface area contributed by atoms with Crippen LogP contribution < -0.4 is 10.2 Å². The first kappa shape index (κ1) is 29.1. The summed E-state index contributed by atoms with van der Waals surface area (Å²) in [6, 6.07) is 5.61. The summed E-state index contributed by atoms with van der Waals surface area (Å²) in [6.07, 6.45) is -9.45. The summed E-state index contributed by atoms with van der Waals surface area (Å²) in [5.74, 6) is -0.140. The minimum Gasteiger partial charge on any atom is -0.324 e. The molecule has 2 amide bonds. The standard InChI is InChI=1S/C23H24ClF6N3O.ClH/c1-13-8-14(4-5-19(13)24)18-12-31-7-6-20(18)33(3)21(34)32(2)17-10-15(22(25,26)27)9-16(11-17)23(28,29)30;/h4-5,8-11,18,20,31H,6-7,12H2,1-3H3;1H/t18-,20+;/m0./s1. The molecule has 1 aliphatic rings. The van der Waals surface area contributed by atoms with Gasteiger partial charge in [0.15, 0.2) is 0 Å². The molecule has 194 valence electrons. The van der Waals surface area contributed by atoms with Crippen LogP contribution in [-0.2, 0) is 12.4 Å². The molecule has 0 aromatic heterocycles. The van der Waals surface area contributed by atoms with Crippen molar-refractivity contribution < 1.29 is 31.1 Å². The molecule has 0 spiro atoms. The molecule has 2 atom stereocenters. The number of hydrogen-bond donors (Lipinski definition) is 1. The lowest BCUT2D eigenvalue weighted by Gasteiger charge is -2.40. The number of carbonyl (C=O) groups is 1. The van der Waals surface area contributed by atoms with Crippen LogP contribution in [0.15, 0.2) is 36.4 Å². The molecule has 3 rings (SSSR count). The highest BCUT2D eigenvalue weighted by molar-refractivity contribution is 6.31. The van der Waals surface area contributed by atoms with Crippen molar-refractivity contribution >= 4 is 35.7 Å². The Kier molecular flexibility index (Phi) is 9.00. The van der Waals surface area contributed by atoms with Gasteiger partial charge < -0.3 is 10.2 Å². The Morgan fingerprint density at radius 3 is 2.09 bits per heavy atom. The van der Waals surface area contributed by atoms with Crippen LogP contribution in [0, 0.1) is 6.92 Å². The highest BCUT2D eigenvalue weighted by Gasteiger charge is 2.38. The Hall–Kier alpha value is -2.17. The molecule has 1 N–H and O–H groups in total. The number of hydrogen-bond acceptors (Lipinski definition) is 2. The number of alkyl halides is 6. The molecule has 1 saturated heterocycles. The normalized spacial score (nSPS) is 18.6. The molecule has 0 saturated carbocycles. The fourth-order valence-electron chi connectivity index (χ4n) is 4.17. The Morgan fingerprint density at radius 1 is 1.00 bits per heavy atom. The van der Waals surface area contributed by atoms with Gasteiger partial charge in [-0.3, -0.25) is 4.90 Å². The van der Waals surface area contributed by atoms with E-state index in [1.54, 1.807) is 6.07 Å². The van der Waals surface area contributed by atoms with Gasteiger partial charge in [0.1, 0.15) is 0 Å². The zero-order valence-corrected chi connectivity index (χ0v) is 20.7. The van der Waals surface area contributed by atoms with Crippen LogP contribution in [0.2, 0.25) is 5.02 Å². The number of amides is 2. The van der Waals surface area contributed by atoms with Crippen LogP contribution >= 0.6 is 24.0 Å². The number of rotatable bonds is 3. The predicted octanol–water partition coefficient (Wildman–Crippen LogP) is 6.74. The van der Waals surface area contributed by atoms with E-state index in [-0.39, 0.29) is 30.4 Å². The molecule has 0 aliphatic carbocycles. The summed E-state index contributed by atoms with van der Waals surface area (Å²) in [5, 5.41) is 3.86. The average Bonchev–Trinajstić information content (AvgIpc) is 2.78. The van der Waals surface area contributed by atoms with Crippen molar-refractivity contribution in [2.24, 2.45) is 0 Å². The minimum atomic E-state index is -5.00. The maximum absolute atomic E-state index is 13.3. The van der Waals surface area contributed by atoms with Gasteiger partial charge in [-0.15, -0.1) is 12.4 Å². The van der Waals surface area contributed by atoms with Gasteiger partial charge in [0.05, 0.1) is 11.1 Å². The van der Waals surface area contributed by atoms with Gasteiger partial charge in [-0.25, -0.2) is 4.79 Å². The summed E-state index contributed by atoms with van der Waals surface area (Å²) < 4.78 is 79.5. The second kappa shape index (κ2) is 10.8. The first-order valence-electron chi connectivity index (χ1n) is 10.5. The number of nitrogens with zero attached hydrogens (tertiary/aromatic N) is 2. The number of aryl methyl sites for hydroxylation is 1. The third kappa shape index (κ3) is 6.54. The average molecular weight is 544 g/mol. The third-order valence-electron chi connectivity index (χ3n) is 6.10. The van der Waals surface area contributed by atoms with Crippen LogP contribution in [0.1, 0.15) is 34.6 Å². The van der Waals surface area contributed by atoms with Gasteiger partial charge in [-0.05, 0) is 55.3 Å². The van der Waals surface area contributed by atoms with E-state index in [9.17, 15) is 31.1 Å². The topological polar surface area (TPSA) is 35.6 Å². The highest BCUT2D eigenvalue weighted by Crippen LogP contribution is 2.39. The summed E-state index contributed by atoms with van der Waals surface area (Å²) in [7, 11) is 2.67. The van der Waals surface area contributed by atoms with E-state index in [4.69, 9.17) is 11.6 Å². The number of likely N-dealkylation sites (N-methyl/N-ethyl adjacent to an activating group) is 1. The molecule has 35 heavy (non-hydrogen) atoms. The van der Waals surface area contributed by atoms with Crippen molar-refractivity contribution in [2.45, 2.75) is 37.7 Å². The molecule has 12 heteroatoms. The molecule has 1 aliphatic heterocycles. The Balaban J connectivity index is 0.00000432. The van der Waals surface area contributed by atoms with Gasteiger partial charge in [-0.1, -0.05) is 23.7 Å². The molecule has 0 unspecified atom stereocenters. The smallest absolute Gasteiger partial charge is 0.324 e. The quantitative estimate of drug-likeness (QED) is 0.435. The van der Waals surface area contributed by atoms with Gasteiger partial charge in [0.2, 0.25) is 0 Å². The maximum Gasteiger partial charge on any atom is 0.416 e. The molecular weight excluding hydrogens is 519 g/mol. The Labute approximate surface area is 210 Å². The fraction of sp³-hybridized carbons (Fsp3) is 0.435. The number of carbonyl (C=O) groups excluding carboxylic acids is 1. The fourth-order valence-corrected chi connectivity index (χ4v) is 4.29. The van der Waals surface area contributed by atoms with Crippen LogP contribution in [0.4, 0.5) is 36.8 Å². The van der Waals surface area contributed by atoms with Crippen LogP contribution in [0.3, 0.4) is 0 Å². The molecule has 0 bridgehead atoms. The van der Waals surface area contributed by atoms with Gasteiger partial charge in [0, 0.05) is 43.3 Å². The zero-order valence-electron chi connectivity index (χ0n) is 19.1. The number of anilines is 1. The van der Waals surface area contributed by atoms with Crippen molar-refractivity contribution in [1.29, 1.82) is 0 Å². The molecule has 2 aromatic carbocycles. The Morgan fingerprint density at radius 2 is 1.57 bits per heavy atom. The SMILES string of the molecule is Cc1cc([C@@H]2CNCC[C@H]2N(C)C(=O)N(C)c2cc(C(F)(F)F)cc(C(F)(F)F)c2)ccc1Cl.Cl. The van der Waals surface area contributed by atoms with Crippen molar-refractivity contribution in [3.8, 4) is 0 Å². The zero-order chi connectivity index (χ0) is 25.4. The first-order valence-corrected chi connectivity index (χ1v) is 10.8. The van der Waals surface area contributed by atoms with E-state index in [0.717, 1.165) is 23.1 Å². The maximum atomic E-state index is 13.3. The predicted molar refractivity (Wildman–Crippen MR) is 125 cm³/mol. The van der Waals surface area contributed by atoms with Gasteiger partial charge in [-0.2, -0.15) is 26.3 Å². The lowest BCUT2D eigenvalue weighted by atomic mass is 9.85. The molecule has 0 radical (unpaired) electrons. The van der Waals surface area contributed by atoms with Crippen LogP contribution in [-0.4, -0.2) is 44.2 Å². The van der Waals surface area contributed by atoms with Crippen molar-refractivity contribution in [3.05, 3.63) is 63.7 Å². The monoisotopic (exact) mass is 543 g/mol. The van der Waals surface area contributed by atoms with Gasteiger partial charge in [0.25, 0.3) is 0 Å². The lowest BCUT2D eigenvalue weighted by Crippen LogP contribution is -2.52. The highest BCUT2D eigenvalue weighted by atomic mass is 35.5. The Bertz CT molecular complexity index is 1030. The summed E-state index contributed by atoms with van der Waals surface area (Å²) in [5.41, 5.74) is -1.66. The van der Waals surface area contributed by atoms with Crippen molar-refractivity contribution in [3.63, 3.8) is 0 Å². The second-order valence-electron chi connectivity index (χ2n) is 8.39. The summed E-state index contributed by atoms with van der Waals surface area (Å²) in [4.78, 5) is 15.4. The second-order valence-corrected chi connectivity index (χ2v) is 8.80. The summed E-state index contributed by atoms with van der Waals surface area (Å²) >= 11 is 6.12. The first-order chi connectivity index (χ1) is 15.7. The van der Waals surface area contributed by atoms with E-state index in [2.05, 4.69) is 5.32 Å². The number of urea groups is 1. The molecular formula is C23H25Cl2F6N3O. The van der Waals surface area contributed by atoms with E-state index in [1.807, 2.05) is 19.1 Å². The number of piperidine rings is 1. The molecule has 1 fully saturated rings. The third-order valence-corrected chi connectivity index (χ3v) is 6.53. The van der Waals surface area contributed by atoms with Crippen LogP contribution in [0.25, 0.3) is 0 Å². The molecule has 4 nitrogen and oxygen atoms in total. The molecule has 1 heterocycles. The molecule has 2 aromatic rings. The van der Waals surface area contributed by atoms with E-state index in [0.29, 0.717) is 36.7 Å². The lowest BCUT2D eigenvalue weighted by molar-refractivity contribution is -0.143. The van der Waals surface area contributed by atoms with Gasteiger partial charge >= 0.3 is 18.4 Å². The van der Waals surface area contributed by atoms with E-state index < -0.39 is 35.2 Å². The number of benzene rings is 2. The minimum absolute atomic E-state index is 0. The summed E-state index contributed by atoms with van der Waals surface area (Å²) in [6.45, 7) is 3.01. The van der Waals surface area contributed by atoms with Crippen molar-refractivity contribution in [1.82, 2.24) is 10.2 Å². The number of nitrogens with one attached hydrogen (secondary N) is 1. The largest absolute Gasteiger partial charge is 0.416 e.